The molecule has 1 aromatic heterocycles. The first-order valence-electron chi connectivity index (χ1n) is 8.45. The summed E-state index contributed by atoms with van der Waals surface area (Å²) in [6.45, 7) is 7.16. The average molecular weight is 362 g/mol. The molecule has 0 saturated heterocycles. The van der Waals surface area contributed by atoms with Gasteiger partial charge in [-0.15, -0.1) is 11.3 Å². The van der Waals surface area contributed by atoms with Gasteiger partial charge in [0.25, 0.3) is 0 Å². The molecule has 2 rings (SSSR count). The number of benzene rings is 1. The highest BCUT2D eigenvalue weighted by atomic mass is 32.1. The molecule has 0 radical (unpaired) electrons. The molecule has 0 bridgehead atoms. The zero-order chi connectivity index (χ0) is 18.2. The Morgan fingerprint density at radius 3 is 2.80 bits per heavy atom. The van der Waals surface area contributed by atoms with Crippen LogP contribution >= 0.6 is 11.3 Å². The van der Waals surface area contributed by atoms with Crippen LogP contribution in [0.4, 0.5) is 0 Å². The van der Waals surface area contributed by atoms with Gasteiger partial charge in [-0.1, -0.05) is 25.1 Å². The van der Waals surface area contributed by atoms with Crippen molar-refractivity contribution in [3.05, 3.63) is 45.9 Å². The van der Waals surface area contributed by atoms with Crippen LogP contribution in [-0.2, 0) is 22.7 Å². The first-order valence-corrected chi connectivity index (χ1v) is 9.33. The standard InChI is InChI=1S/C19H26N2O3S/c1-5-15(3)21(19(22)12-23-4)10-16-13-25-18(20-16)11-24-17-9-7-6-8-14(17)2/h6-9,13,15H,5,10-12H2,1-4H3/t15-/m0/s1. The number of ether oxygens (including phenoxy) is 2. The summed E-state index contributed by atoms with van der Waals surface area (Å²) >= 11 is 1.56. The first-order chi connectivity index (χ1) is 12.0. The molecule has 1 amide bonds. The average Bonchev–Trinajstić information content (AvgIpc) is 3.06. The third-order valence-electron chi connectivity index (χ3n) is 4.09. The highest BCUT2D eigenvalue weighted by Crippen LogP contribution is 2.20. The lowest BCUT2D eigenvalue weighted by atomic mass is 10.2. The molecule has 5 nitrogen and oxygen atoms in total. The number of aryl methyl sites for hydroxylation is 1. The van der Waals surface area contributed by atoms with Gasteiger partial charge in [-0.2, -0.15) is 0 Å². The second-order valence-electron chi connectivity index (χ2n) is 6.00. The minimum Gasteiger partial charge on any atom is -0.486 e. The molecule has 0 N–H and O–H groups in total. The van der Waals surface area contributed by atoms with Gasteiger partial charge in [0.15, 0.2) is 0 Å². The zero-order valence-corrected chi connectivity index (χ0v) is 16.1. The molecule has 1 aromatic carbocycles. The van der Waals surface area contributed by atoms with Gasteiger partial charge in [0.1, 0.15) is 24.0 Å². The van der Waals surface area contributed by atoms with E-state index in [0.717, 1.165) is 28.4 Å². The summed E-state index contributed by atoms with van der Waals surface area (Å²) < 4.78 is 10.8. The molecule has 1 heterocycles. The van der Waals surface area contributed by atoms with Crippen LogP contribution in [0.5, 0.6) is 5.75 Å². The van der Waals surface area contributed by atoms with Crippen LogP contribution in [-0.4, -0.2) is 35.5 Å². The van der Waals surface area contributed by atoms with E-state index < -0.39 is 0 Å². The largest absolute Gasteiger partial charge is 0.486 e. The van der Waals surface area contributed by atoms with Gasteiger partial charge in [-0.25, -0.2) is 4.98 Å². The summed E-state index contributed by atoms with van der Waals surface area (Å²) in [4.78, 5) is 18.7. The Morgan fingerprint density at radius 2 is 2.12 bits per heavy atom. The van der Waals surface area contributed by atoms with Crippen LogP contribution in [0, 0.1) is 6.92 Å². The molecule has 0 saturated carbocycles. The van der Waals surface area contributed by atoms with Crippen LogP contribution in [0.1, 0.15) is 36.5 Å². The number of aromatic nitrogens is 1. The maximum atomic E-state index is 12.3. The Morgan fingerprint density at radius 1 is 1.36 bits per heavy atom. The van der Waals surface area contributed by atoms with E-state index in [2.05, 4.69) is 11.9 Å². The van der Waals surface area contributed by atoms with Crippen LogP contribution in [0.15, 0.2) is 29.6 Å². The summed E-state index contributed by atoms with van der Waals surface area (Å²) in [5.74, 6) is 0.860. The lowest BCUT2D eigenvalue weighted by Gasteiger charge is -2.27. The number of methoxy groups -OCH3 is 1. The maximum Gasteiger partial charge on any atom is 0.249 e. The molecule has 0 aliphatic carbocycles. The van der Waals surface area contributed by atoms with E-state index in [4.69, 9.17) is 9.47 Å². The zero-order valence-electron chi connectivity index (χ0n) is 15.3. The Labute approximate surface area is 153 Å². The lowest BCUT2D eigenvalue weighted by molar-refractivity contribution is -0.138. The number of rotatable bonds is 9. The van der Waals surface area contributed by atoms with E-state index in [1.54, 1.807) is 11.3 Å². The third-order valence-corrected chi connectivity index (χ3v) is 4.96. The number of hydrogen-bond acceptors (Lipinski definition) is 5. The Bertz CT molecular complexity index is 687. The second-order valence-corrected chi connectivity index (χ2v) is 6.94. The fraction of sp³-hybridized carbons (Fsp3) is 0.474. The molecule has 0 unspecified atom stereocenters. The van der Waals surface area contributed by atoms with Gasteiger partial charge in [0, 0.05) is 18.5 Å². The number of thiazole rings is 1. The molecule has 0 aliphatic heterocycles. The van der Waals surface area contributed by atoms with Crippen molar-refractivity contribution >= 4 is 17.2 Å². The maximum absolute atomic E-state index is 12.3. The highest BCUT2D eigenvalue weighted by molar-refractivity contribution is 7.09. The van der Waals surface area contributed by atoms with Crippen LogP contribution in [0.25, 0.3) is 0 Å². The summed E-state index contributed by atoms with van der Waals surface area (Å²) in [6.07, 6.45) is 0.892. The Hall–Kier alpha value is -1.92. The molecule has 1 atom stereocenters. The van der Waals surface area contributed by atoms with Crippen molar-refractivity contribution in [1.82, 2.24) is 9.88 Å². The molecular weight excluding hydrogens is 336 g/mol. The van der Waals surface area contributed by atoms with Gasteiger partial charge < -0.3 is 14.4 Å². The number of para-hydroxylation sites is 1. The number of carbonyl (C=O) groups is 1. The van der Waals surface area contributed by atoms with Crippen LogP contribution in [0.2, 0.25) is 0 Å². The SMILES string of the molecule is CC[C@H](C)N(Cc1csc(COc2ccccc2C)n1)C(=O)COC. The summed E-state index contributed by atoms with van der Waals surface area (Å²) in [7, 11) is 1.54. The van der Waals surface area contributed by atoms with Gasteiger partial charge >= 0.3 is 0 Å². The molecule has 25 heavy (non-hydrogen) atoms. The predicted molar refractivity (Wildman–Crippen MR) is 99.8 cm³/mol. The molecule has 6 heteroatoms. The van der Waals surface area contributed by atoms with Crippen molar-refractivity contribution in [3.63, 3.8) is 0 Å². The Kier molecular flexibility index (Phi) is 7.40. The lowest BCUT2D eigenvalue weighted by Crippen LogP contribution is -2.39. The highest BCUT2D eigenvalue weighted by Gasteiger charge is 2.20. The normalized spacial score (nSPS) is 12.0. The fourth-order valence-corrected chi connectivity index (χ4v) is 3.13. The summed E-state index contributed by atoms with van der Waals surface area (Å²) in [6, 6.07) is 8.08. The smallest absolute Gasteiger partial charge is 0.249 e. The van der Waals surface area contributed by atoms with Crippen molar-refractivity contribution in [2.24, 2.45) is 0 Å². The Balaban J connectivity index is 1.99. The van der Waals surface area contributed by atoms with Crippen molar-refractivity contribution in [2.75, 3.05) is 13.7 Å². The minimum absolute atomic E-state index is 0.0115. The van der Waals surface area contributed by atoms with E-state index in [0.29, 0.717) is 13.2 Å². The minimum atomic E-state index is -0.0115. The van der Waals surface area contributed by atoms with E-state index >= 15 is 0 Å². The van der Waals surface area contributed by atoms with Crippen molar-refractivity contribution in [1.29, 1.82) is 0 Å². The third kappa shape index (κ3) is 5.54. The van der Waals surface area contributed by atoms with Crippen molar-refractivity contribution in [2.45, 2.75) is 46.4 Å². The monoisotopic (exact) mass is 362 g/mol. The number of carbonyl (C=O) groups excluding carboxylic acids is 1. The topological polar surface area (TPSA) is 51.7 Å². The second kappa shape index (κ2) is 9.53. The van der Waals surface area contributed by atoms with Crippen LogP contribution in [0.3, 0.4) is 0 Å². The molecule has 0 spiro atoms. The molecule has 0 aliphatic rings. The van der Waals surface area contributed by atoms with E-state index in [-0.39, 0.29) is 18.6 Å². The fourth-order valence-electron chi connectivity index (χ4n) is 2.44. The number of hydrogen-bond donors (Lipinski definition) is 0. The van der Waals surface area contributed by atoms with Gasteiger partial charge in [-0.3, -0.25) is 4.79 Å². The molecule has 0 fully saturated rings. The summed E-state index contributed by atoms with van der Waals surface area (Å²) in [5.41, 5.74) is 1.99. The van der Waals surface area contributed by atoms with Crippen molar-refractivity contribution in [3.8, 4) is 5.75 Å². The molecule has 2 aromatic rings. The van der Waals surface area contributed by atoms with E-state index in [1.807, 2.05) is 48.4 Å². The molecular formula is C19H26N2O3S. The van der Waals surface area contributed by atoms with Crippen LogP contribution < -0.4 is 4.74 Å². The van der Waals surface area contributed by atoms with Gasteiger partial charge in [0.05, 0.1) is 12.2 Å². The number of amides is 1. The molecule has 136 valence electrons. The van der Waals surface area contributed by atoms with Gasteiger partial charge in [0.2, 0.25) is 5.91 Å². The van der Waals surface area contributed by atoms with E-state index in [1.165, 1.54) is 7.11 Å². The van der Waals surface area contributed by atoms with Crippen molar-refractivity contribution < 1.29 is 14.3 Å². The first kappa shape index (κ1) is 19.4. The van der Waals surface area contributed by atoms with E-state index in [9.17, 15) is 4.79 Å². The quantitative estimate of drug-likeness (QED) is 0.681. The summed E-state index contributed by atoms with van der Waals surface area (Å²) in [5, 5.41) is 2.90. The number of nitrogens with zero attached hydrogens (tertiary/aromatic N) is 2. The van der Waals surface area contributed by atoms with Gasteiger partial charge in [-0.05, 0) is 31.9 Å². The predicted octanol–water partition coefficient (Wildman–Crippen LogP) is 3.80.